The van der Waals surface area contributed by atoms with Crippen LogP contribution >= 0.6 is 11.8 Å². The third-order valence-corrected chi connectivity index (χ3v) is 3.85. The SMILES string of the molecule is CCn1c(CNC(=O)Nc2ccccc2C(F)(F)F)nnc1SC. The molecule has 0 aliphatic carbocycles. The summed E-state index contributed by atoms with van der Waals surface area (Å²) in [5.74, 6) is 0.529. The zero-order valence-electron chi connectivity index (χ0n) is 13.0. The van der Waals surface area contributed by atoms with E-state index in [0.717, 1.165) is 6.07 Å². The standard InChI is InChI=1S/C14H16F3N5OS/c1-3-22-11(20-21-13(22)24-2)8-18-12(23)19-10-7-5-4-6-9(10)14(15,16)17/h4-7H,3,8H2,1-2H3,(H2,18,19,23). The predicted molar refractivity (Wildman–Crippen MR) is 84.8 cm³/mol. The number of halogens is 3. The van der Waals surface area contributed by atoms with Crippen LogP contribution in [0.1, 0.15) is 18.3 Å². The second-order valence-electron chi connectivity index (χ2n) is 4.70. The number of hydrogen-bond acceptors (Lipinski definition) is 4. The number of nitrogens with one attached hydrogen (secondary N) is 2. The van der Waals surface area contributed by atoms with Gasteiger partial charge in [0.15, 0.2) is 11.0 Å². The number of amides is 2. The van der Waals surface area contributed by atoms with Crippen LogP contribution in [-0.2, 0) is 19.3 Å². The summed E-state index contributed by atoms with van der Waals surface area (Å²) in [6.07, 6.45) is -2.69. The van der Waals surface area contributed by atoms with E-state index in [9.17, 15) is 18.0 Å². The lowest BCUT2D eigenvalue weighted by Crippen LogP contribution is -2.30. The molecule has 0 saturated heterocycles. The molecule has 10 heteroatoms. The van der Waals surface area contributed by atoms with E-state index in [4.69, 9.17) is 0 Å². The van der Waals surface area contributed by atoms with Crippen LogP contribution < -0.4 is 10.6 Å². The van der Waals surface area contributed by atoms with E-state index in [1.807, 2.05) is 17.7 Å². The van der Waals surface area contributed by atoms with Crippen molar-refractivity contribution in [3.05, 3.63) is 35.7 Å². The molecule has 0 radical (unpaired) electrons. The van der Waals surface area contributed by atoms with Crippen molar-refractivity contribution in [2.24, 2.45) is 0 Å². The highest BCUT2D eigenvalue weighted by Gasteiger charge is 2.33. The number of anilines is 1. The minimum atomic E-state index is -4.54. The van der Waals surface area contributed by atoms with E-state index in [0.29, 0.717) is 17.5 Å². The summed E-state index contributed by atoms with van der Waals surface area (Å²) in [5, 5.41) is 13.3. The normalized spacial score (nSPS) is 11.4. The molecule has 24 heavy (non-hydrogen) atoms. The maximum absolute atomic E-state index is 12.9. The summed E-state index contributed by atoms with van der Waals surface area (Å²) in [7, 11) is 0. The number of alkyl halides is 3. The molecule has 0 bridgehead atoms. The van der Waals surface area contributed by atoms with Gasteiger partial charge < -0.3 is 15.2 Å². The van der Waals surface area contributed by atoms with Crippen LogP contribution in [0.3, 0.4) is 0 Å². The van der Waals surface area contributed by atoms with Gasteiger partial charge in [-0.25, -0.2) is 4.79 Å². The molecular formula is C14H16F3N5OS. The van der Waals surface area contributed by atoms with Crippen molar-refractivity contribution in [2.45, 2.75) is 31.3 Å². The van der Waals surface area contributed by atoms with Crippen LogP contribution in [-0.4, -0.2) is 27.1 Å². The zero-order chi connectivity index (χ0) is 17.7. The van der Waals surface area contributed by atoms with Crippen molar-refractivity contribution in [1.29, 1.82) is 0 Å². The van der Waals surface area contributed by atoms with Crippen LogP contribution in [0, 0.1) is 0 Å². The molecule has 1 aromatic carbocycles. The van der Waals surface area contributed by atoms with Gasteiger partial charge in [0.2, 0.25) is 0 Å². The van der Waals surface area contributed by atoms with Gasteiger partial charge in [0.05, 0.1) is 17.8 Å². The number of aromatic nitrogens is 3. The lowest BCUT2D eigenvalue weighted by molar-refractivity contribution is -0.136. The Hall–Kier alpha value is -2.23. The first-order valence-corrected chi connectivity index (χ1v) is 8.26. The summed E-state index contributed by atoms with van der Waals surface area (Å²) < 4.78 is 40.5. The van der Waals surface area contributed by atoms with Crippen LogP contribution in [0.5, 0.6) is 0 Å². The highest BCUT2D eigenvalue weighted by atomic mass is 32.2. The van der Waals surface area contributed by atoms with Gasteiger partial charge in [-0.2, -0.15) is 13.2 Å². The molecule has 6 nitrogen and oxygen atoms in total. The maximum atomic E-state index is 12.9. The van der Waals surface area contributed by atoms with Gasteiger partial charge in [0.1, 0.15) is 0 Å². The number of rotatable bonds is 5. The number of urea groups is 1. The Balaban J connectivity index is 2.04. The topological polar surface area (TPSA) is 71.8 Å². The molecule has 0 unspecified atom stereocenters. The molecule has 2 aromatic rings. The number of carbonyl (C=O) groups excluding carboxylic acids is 1. The molecule has 2 amide bonds. The molecular weight excluding hydrogens is 343 g/mol. The van der Waals surface area contributed by atoms with Crippen molar-refractivity contribution in [3.8, 4) is 0 Å². The molecule has 0 saturated carbocycles. The molecule has 0 fully saturated rings. The molecule has 1 heterocycles. The number of nitrogens with zero attached hydrogens (tertiary/aromatic N) is 3. The second-order valence-corrected chi connectivity index (χ2v) is 5.47. The zero-order valence-corrected chi connectivity index (χ0v) is 13.8. The van der Waals surface area contributed by atoms with Crippen molar-refractivity contribution < 1.29 is 18.0 Å². The van der Waals surface area contributed by atoms with E-state index in [2.05, 4.69) is 20.8 Å². The second kappa shape index (κ2) is 7.56. The number of para-hydroxylation sites is 1. The van der Waals surface area contributed by atoms with Crippen LogP contribution in [0.25, 0.3) is 0 Å². The third kappa shape index (κ3) is 4.19. The Kier molecular flexibility index (Phi) is 5.71. The molecule has 2 rings (SSSR count). The summed E-state index contributed by atoms with van der Waals surface area (Å²) in [4.78, 5) is 11.9. The molecule has 130 valence electrons. The number of thioether (sulfide) groups is 1. The van der Waals surface area contributed by atoms with Gasteiger partial charge in [-0.1, -0.05) is 23.9 Å². The smallest absolute Gasteiger partial charge is 0.331 e. The third-order valence-electron chi connectivity index (χ3n) is 3.18. The van der Waals surface area contributed by atoms with Crippen LogP contribution in [0.15, 0.2) is 29.4 Å². The minimum absolute atomic E-state index is 0.0570. The quantitative estimate of drug-likeness (QED) is 0.803. The van der Waals surface area contributed by atoms with E-state index in [-0.39, 0.29) is 12.2 Å². The van der Waals surface area contributed by atoms with Gasteiger partial charge in [0.25, 0.3) is 0 Å². The van der Waals surface area contributed by atoms with Gasteiger partial charge in [-0.3, -0.25) is 0 Å². The van der Waals surface area contributed by atoms with E-state index >= 15 is 0 Å². The van der Waals surface area contributed by atoms with Gasteiger partial charge in [-0.05, 0) is 25.3 Å². The summed E-state index contributed by atoms with van der Waals surface area (Å²) >= 11 is 1.42. The van der Waals surface area contributed by atoms with Crippen LogP contribution in [0.2, 0.25) is 0 Å². The maximum Gasteiger partial charge on any atom is 0.418 e. The average Bonchev–Trinajstić information content (AvgIpc) is 2.94. The van der Waals surface area contributed by atoms with E-state index in [1.165, 1.54) is 30.0 Å². The Morgan fingerprint density at radius 1 is 1.29 bits per heavy atom. The fourth-order valence-electron chi connectivity index (χ4n) is 2.08. The molecule has 1 aromatic heterocycles. The number of benzene rings is 1. The first kappa shape index (κ1) is 18.1. The Morgan fingerprint density at radius 3 is 2.62 bits per heavy atom. The van der Waals surface area contributed by atoms with Gasteiger partial charge >= 0.3 is 12.2 Å². The summed E-state index contributed by atoms with van der Waals surface area (Å²) in [6.45, 7) is 2.59. The first-order chi connectivity index (χ1) is 11.4. The fraction of sp³-hybridized carbons (Fsp3) is 0.357. The highest BCUT2D eigenvalue weighted by Crippen LogP contribution is 2.34. The fourth-order valence-corrected chi connectivity index (χ4v) is 2.66. The summed E-state index contributed by atoms with van der Waals surface area (Å²) in [5.41, 5.74) is -1.20. The Labute approximate surface area is 140 Å². The highest BCUT2D eigenvalue weighted by molar-refractivity contribution is 7.98. The van der Waals surface area contributed by atoms with Crippen molar-refractivity contribution in [2.75, 3.05) is 11.6 Å². The molecule has 0 spiro atoms. The van der Waals surface area contributed by atoms with Crippen molar-refractivity contribution in [3.63, 3.8) is 0 Å². The lowest BCUT2D eigenvalue weighted by Gasteiger charge is -2.14. The molecule has 0 atom stereocenters. The lowest BCUT2D eigenvalue weighted by atomic mass is 10.1. The monoisotopic (exact) mass is 359 g/mol. The molecule has 0 aliphatic rings. The van der Waals surface area contributed by atoms with E-state index in [1.54, 1.807) is 0 Å². The van der Waals surface area contributed by atoms with Crippen LogP contribution in [0.4, 0.5) is 23.7 Å². The number of carbonyl (C=O) groups is 1. The summed E-state index contributed by atoms with van der Waals surface area (Å²) in [6, 6.07) is 4.04. The number of hydrogen-bond donors (Lipinski definition) is 2. The van der Waals surface area contributed by atoms with Crippen molar-refractivity contribution in [1.82, 2.24) is 20.1 Å². The minimum Gasteiger partial charge on any atom is -0.331 e. The molecule has 0 aliphatic heterocycles. The Morgan fingerprint density at radius 2 is 2.00 bits per heavy atom. The van der Waals surface area contributed by atoms with Gasteiger partial charge in [-0.15, -0.1) is 10.2 Å². The predicted octanol–water partition coefficient (Wildman–Crippen LogP) is 3.36. The first-order valence-electron chi connectivity index (χ1n) is 7.04. The van der Waals surface area contributed by atoms with Crippen molar-refractivity contribution >= 4 is 23.5 Å². The largest absolute Gasteiger partial charge is 0.418 e. The van der Waals surface area contributed by atoms with E-state index < -0.39 is 17.8 Å². The molecule has 2 N–H and O–H groups in total. The van der Waals surface area contributed by atoms with Gasteiger partial charge in [0, 0.05) is 6.54 Å². The average molecular weight is 359 g/mol. The Bertz CT molecular complexity index is 717.